The molecule has 0 spiro atoms. The van der Waals surface area contributed by atoms with E-state index in [9.17, 15) is 37.5 Å². The number of carboxylic acids is 1. The number of carboxylic acid groups (broad SMARTS) is 1. The molecule has 53 heavy (non-hydrogen) atoms. The van der Waals surface area contributed by atoms with Crippen LogP contribution in [0.4, 0.5) is 30.8 Å². The van der Waals surface area contributed by atoms with Gasteiger partial charge in [-0.1, -0.05) is 61.0 Å². The first-order valence-corrected chi connectivity index (χ1v) is 16.6. The predicted molar refractivity (Wildman–Crippen MR) is 187 cm³/mol. The Bertz CT molecular complexity index is 1930. The van der Waals surface area contributed by atoms with Crippen LogP contribution in [0.5, 0.6) is 6.01 Å². The summed E-state index contributed by atoms with van der Waals surface area (Å²) >= 11 is 6.02. The fourth-order valence-corrected chi connectivity index (χ4v) is 5.18. The van der Waals surface area contributed by atoms with Crippen molar-refractivity contribution in [1.29, 1.82) is 0 Å². The Hall–Kier alpha value is -5.97. The third kappa shape index (κ3) is 11.0. The van der Waals surface area contributed by atoms with Crippen LogP contribution in [-0.2, 0) is 19.9 Å². The van der Waals surface area contributed by atoms with Gasteiger partial charge in [0.1, 0.15) is 6.04 Å². The number of hydrogen-bond acceptors (Lipinski definition) is 10. The Balaban J connectivity index is 1.19. The van der Waals surface area contributed by atoms with Gasteiger partial charge in [-0.05, 0) is 66.3 Å². The number of nitrogens with one attached hydrogen (secondary N) is 5. The molecule has 14 nitrogen and oxygen atoms in total. The molecule has 0 radical (unpaired) electrons. The van der Waals surface area contributed by atoms with Crippen LogP contribution >= 0.6 is 11.6 Å². The van der Waals surface area contributed by atoms with Gasteiger partial charge in [0, 0.05) is 29.4 Å². The molecule has 0 bridgehead atoms. The van der Waals surface area contributed by atoms with Crippen molar-refractivity contribution in [3.63, 3.8) is 0 Å². The van der Waals surface area contributed by atoms with Crippen molar-refractivity contribution < 1.29 is 42.2 Å². The average Bonchev–Trinajstić information content (AvgIpc) is 3.91. The summed E-state index contributed by atoms with van der Waals surface area (Å²) in [6, 6.07) is 19.8. The van der Waals surface area contributed by atoms with Crippen LogP contribution in [0.25, 0.3) is 0 Å². The van der Waals surface area contributed by atoms with Gasteiger partial charge in [0.2, 0.25) is 11.9 Å². The largest absolute Gasteiger partial charge is 0.480 e. The van der Waals surface area contributed by atoms with Crippen molar-refractivity contribution in [1.82, 2.24) is 30.9 Å². The second-order valence-corrected chi connectivity index (χ2v) is 12.6. The first-order valence-electron chi connectivity index (χ1n) is 16.2. The van der Waals surface area contributed by atoms with E-state index < -0.39 is 60.6 Å². The number of hydrogen-bond donors (Lipinski definition) is 6. The van der Waals surface area contributed by atoms with Gasteiger partial charge in [0.15, 0.2) is 6.61 Å². The maximum Gasteiger partial charge on any atom is 0.422 e. The van der Waals surface area contributed by atoms with Crippen molar-refractivity contribution >= 4 is 52.9 Å². The summed E-state index contributed by atoms with van der Waals surface area (Å²) < 4.78 is 43.6. The summed E-state index contributed by atoms with van der Waals surface area (Å²) in [5, 5.41) is 23.2. The first kappa shape index (κ1) is 38.3. The van der Waals surface area contributed by atoms with Gasteiger partial charge in [-0.3, -0.25) is 14.4 Å². The number of anilines is 3. The van der Waals surface area contributed by atoms with Gasteiger partial charge in [0.25, 0.3) is 5.91 Å². The van der Waals surface area contributed by atoms with Crippen LogP contribution in [-0.4, -0.2) is 75.7 Å². The van der Waals surface area contributed by atoms with E-state index in [-0.39, 0.29) is 29.9 Å². The van der Waals surface area contributed by atoms with E-state index in [0.29, 0.717) is 23.6 Å². The number of halogens is 4. The highest BCUT2D eigenvalue weighted by molar-refractivity contribution is 6.35. The standard InChI is InChI=1S/C35H34ClF3N8O6/c1-20(21-5-3-2-4-6-21)17-40-28(49)29(50)41-18-26(30(51)52)43-27(48)22-7-13-25(14-8-22)42-31-44-32(46-33(45-31)53-19-35(37,38)39)47-34(15-16-34)23-9-11-24(36)12-10-23/h2-14,20,26H,15-19H2,1H3,(H,40,49)(H,41,50)(H,43,48)(H,51,52)(H2,42,44,45,46,47)/t20?,26-/m0/s1. The number of aliphatic carboxylic acids is 1. The van der Waals surface area contributed by atoms with Crippen LogP contribution < -0.4 is 31.3 Å². The van der Waals surface area contributed by atoms with E-state index in [1.165, 1.54) is 24.3 Å². The second kappa shape index (κ2) is 16.6. The number of benzene rings is 3. The SMILES string of the molecule is CC(CNC(=O)C(=O)NC[C@H](NC(=O)c1ccc(Nc2nc(NC3(c4ccc(Cl)cc4)CC3)nc(OCC(F)(F)F)n2)cc1)C(=O)O)c1ccccc1. The molecular weight excluding hydrogens is 721 g/mol. The number of carbonyl (C=O) groups excluding carboxylic acids is 3. The zero-order valence-electron chi connectivity index (χ0n) is 28.0. The van der Waals surface area contributed by atoms with Gasteiger partial charge < -0.3 is 36.4 Å². The molecular formula is C35H34ClF3N8O6. The molecule has 6 N–H and O–H groups in total. The molecule has 1 aliphatic rings. The summed E-state index contributed by atoms with van der Waals surface area (Å²) in [7, 11) is 0. The van der Waals surface area contributed by atoms with Gasteiger partial charge in [0.05, 0.1) is 5.54 Å². The molecule has 18 heteroatoms. The number of alkyl halides is 3. The normalized spacial score (nSPS) is 14.2. The molecule has 1 aliphatic carbocycles. The molecule has 2 atom stereocenters. The van der Waals surface area contributed by atoms with Crippen LogP contribution in [0.3, 0.4) is 0 Å². The quantitative estimate of drug-likeness (QED) is 0.0934. The number of nitrogens with zero attached hydrogens (tertiary/aromatic N) is 3. The minimum absolute atomic E-state index is 0.0339. The van der Waals surface area contributed by atoms with E-state index in [4.69, 9.17) is 16.3 Å². The Morgan fingerprint density at radius 1 is 0.868 bits per heavy atom. The van der Waals surface area contributed by atoms with E-state index >= 15 is 0 Å². The highest BCUT2D eigenvalue weighted by Gasteiger charge is 2.45. The summed E-state index contributed by atoms with van der Waals surface area (Å²) in [5.41, 5.74) is 1.62. The van der Waals surface area contributed by atoms with Crippen molar-refractivity contribution in [2.75, 3.05) is 30.3 Å². The topological polar surface area (TPSA) is 197 Å². The van der Waals surface area contributed by atoms with E-state index in [1.807, 2.05) is 49.4 Å². The van der Waals surface area contributed by atoms with E-state index in [1.54, 1.807) is 12.1 Å². The molecule has 1 unspecified atom stereocenters. The summed E-state index contributed by atoms with van der Waals surface area (Å²) in [5.74, 6) is -4.57. The van der Waals surface area contributed by atoms with Crippen LogP contribution in [0.1, 0.15) is 47.2 Å². The fraction of sp³-hybridized carbons (Fsp3) is 0.286. The Labute approximate surface area is 305 Å². The minimum Gasteiger partial charge on any atom is -0.480 e. The Kier molecular flexibility index (Phi) is 12.0. The molecule has 4 aromatic rings. The Morgan fingerprint density at radius 2 is 1.49 bits per heavy atom. The van der Waals surface area contributed by atoms with Crippen molar-refractivity contribution in [3.8, 4) is 6.01 Å². The summed E-state index contributed by atoms with van der Waals surface area (Å²) in [6.45, 7) is -0.170. The maximum atomic E-state index is 12.9. The van der Waals surface area contributed by atoms with Crippen molar-refractivity contribution in [3.05, 3.63) is 101 Å². The summed E-state index contributed by atoms with van der Waals surface area (Å²) in [6.07, 6.45) is -3.25. The number of aromatic nitrogens is 3. The first-order chi connectivity index (χ1) is 25.2. The molecule has 278 valence electrons. The molecule has 0 saturated heterocycles. The Morgan fingerprint density at radius 3 is 2.09 bits per heavy atom. The lowest BCUT2D eigenvalue weighted by molar-refractivity contribution is -0.154. The number of ether oxygens (including phenoxy) is 1. The molecule has 1 fully saturated rings. The molecule has 5 rings (SSSR count). The zero-order chi connectivity index (χ0) is 38.2. The minimum atomic E-state index is -4.65. The lowest BCUT2D eigenvalue weighted by atomic mass is 10.0. The monoisotopic (exact) mass is 754 g/mol. The molecule has 3 aromatic carbocycles. The molecule has 1 heterocycles. The number of rotatable bonds is 15. The third-order valence-corrected chi connectivity index (χ3v) is 8.35. The predicted octanol–water partition coefficient (Wildman–Crippen LogP) is 4.53. The molecule has 1 aromatic heterocycles. The maximum absolute atomic E-state index is 12.9. The highest BCUT2D eigenvalue weighted by Crippen LogP contribution is 2.48. The summed E-state index contributed by atoms with van der Waals surface area (Å²) in [4.78, 5) is 61.6. The van der Waals surface area contributed by atoms with Crippen LogP contribution in [0.2, 0.25) is 5.02 Å². The number of carbonyl (C=O) groups is 4. The molecule has 0 aliphatic heterocycles. The third-order valence-electron chi connectivity index (χ3n) is 8.09. The lowest BCUT2D eigenvalue weighted by Gasteiger charge is -2.19. The van der Waals surface area contributed by atoms with Crippen molar-refractivity contribution in [2.45, 2.75) is 43.4 Å². The van der Waals surface area contributed by atoms with Crippen LogP contribution in [0, 0.1) is 0 Å². The van der Waals surface area contributed by atoms with Gasteiger partial charge in [-0.25, -0.2) is 4.79 Å². The number of amides is 3. The van der Waals surface area contributed by atoms with E-state index in [0.717, 1.165) is 11.1 Å². The van der Waals surface area contributed by atoms with Gasteiger partial charge >= 0.3 is 30.0 Å². The van der Waals surface area contributed by atoms with Crippen LogP contribution in [0.15, 0.2) is 78.9 Å². The fourth-order valence-electron chi connectivity index (χ4n) is 5.05. The smallest absolute Gasteiger partial charge is 0.422 e. The second-order valence-electron chi connectivity index (χ2n) is 12.2. The molecule has 1 saturated carbocycles. The lowest BCUT2D eigenvalue weighted by Crippen LogP contribution is -2.51. The van der Waals surface area contributed by atoms with Crippen molar-refractivity contribution in [2.24, 2.45) is 0 Å². The van der Waals surface area contributed by atoms with Gasteiger partial charge in [-0.2, -0.15) is 28.1 Å². The average molecular weight is 755 g/mol. The van der Waals surface area contributed by atoms with E-state index in [2.05, 4.69) is 41.5 Å². The zero-order valence-corrected chi connectivity index (χ0v) is 28.8. The highest BCUT2D eigenvalue weighted by atomic mass is 35.5. The van der Waals surface area contributed by atoms with Gasteiger partial charge in [-0.15, -0.1) is 0 Å². The molecule has 3 amide bonds.